The zero-order valence-electron chi connectivity index (χ0n) is 11.8. The van der Waals surface area contributed by atoms with Crippen LogP contribution in [0.2, 0.25) is 0 Å². The molecule has 1 atom stereocenters. The first-order chi connectivity index (χ1) is 8.97. The molecule has 0 saturated carbocycles. The van der Waals surface area contributed by atoms with Crippen molar-refractivity contribution in [2.45, 2.75) is 44.7 Å². The van der Waals surface area contributed by atoms with E-state index in [1.165, 1.54) is 11.8 Å². The molecule has 5 heteroatoms. The van der Waals surface area contributed by atoms with Gasteiger partial charge in [-0.15, -0.1) is 0 Å². The van der Waals surface area contributed by atoms with Gasteiger partial charge < -0.3 is 11.1 Å². The van der Waals surface area contributed by atoms with Crippen LogP contribution in [0.4, 0.5) is 5.69 Å². The average Bonchev–Trinajstić information content (AvgIpc) is 2.36. The van der Waals surface area contributed by atoms with E-state index in [2.05, 4.69) is 24.1 Å². The number of rotatable bonds is 7. The van der Waals surface area contributed by atoms with Gasteiger partial charge in [0, 0.05) is 6.04 Å². The second-order valence-electron chi connectivity index (χ2n) is 5.16. The fraction of sp³-hybridized carbons (Fsp3) is 0.571. The van der Waals surface area contributed by atoms with Crippen molar-refractivity contribution in [2.24, 2.45) is 5.92 Å². The number of hydrogen-bond donors (Lipinski definition) is 2. The molecule has 1 amide bonds. The predicted octanol–water partition coefficient (Wildman–Crippen LogP) is 2.70. The van der Waals surface area contributed by atoms with E-state index < -0.39 is 0 Å². The molecule has 0 aliphatic rings. The largest absolute Gasteiger partial charge is 0.397 e. The Bertz CT molecular complexity index is 392. The van der Waals surface area contributed by atoms with Crippen molar-refractivity contribution in [3.8, 4) is 0 Å². The van der Waals surface area contributed by atoms with Crippen LogP contribution in [0.25, 0.3) is 0 Å². The number of anilines is 1. The molecule has 1 aromatic heterocycles. The van der Waals surface area contributed by atoms with Crippen molar-refractivity contribution in [3.05, 3.63) is 18.3 Å². The summed E-state index contributed by atoms with van der Waals surface area (Å²) in [4.78, 5) is 15.9. The molecule has 0 saturated heterocycles. The van der Waals surface area contributed by atoms with Crippen LogP contribution in [-0.2, 0) is 4.79 Å². The zero-order chi connectivity index (χ0) is 14.3. The van der Waals surface area contributed by atoms with Crippen LogP contribution in [0.5, 0.6) is 0 Å². The van der Waals surface area contributed by atoms with Crippen LogP contribution in [0, 0.1) is 5.92 Å². The minimum atomic E-state index is 0.0554. The van der Waals surface area contributed by atoms with E-state index in [9.17, 15) is 4.79 Å². The molecule has 19 heavy (non-hydrogen) atoms. The lowest BCUT2D eigenvalue weighted by atomic mass is 10.0. The number of amides is 1. The summed E-state index contributed by atoms with van der Waals surface area (Å²) in [5.41, 5.74) is 6.19. The molecule has 1 aromatic rings. The number of carbonyl (C=O) groups excluding carboxylic acids is 1. The van der Waals surface area contributed by atoms with Gasteiger partial charge in [0.2, 0.25) is 5.91 Å². The van der Waals surface area contributed by atoms with E-state index in [-0.39, 0.29) is 11.9 Å². The second-order valence-corrected chi connectivity index (χ2v) is 6.15. The minimum Gasteiger partial charge on any atom is -0.397 e. The summed E-state index contributed by atoms with van der Waals surface area (Å²) in [7, 11) is 0. The summed E-state index contributed by atoms with van der Waals surface area (Å²) in [5, 5.41) is 3.82. The SMILES string of the molecule is CC(C)CCC(C)NC(=O)CSc1ccc(N)cn1. The topological polar surface area (TPSA) is 68.0 Å². The highest BCUT2D eigenvalue weighted by Crippen LogP contribution is 2.15. The molecule has 0 bridgehead atoms. The number of nitrogen functional groups attached to an aromatic ring is 1. The number of carbonyl (C=O) groups is 1. The van der Waals surface area contributed by atoms with Crippen LogP contribution in [0.3, 0.4) is 0 Å². The Balaban J connectivity index is 2.25. The normalized spacial score (nSPS) is 12.4. The molecule has 4 nitrogen and oxygen atoms in total. The van der Waals surface area contributed by atoms with Crippen molar-refractivity contribution in [2.75, 3.05) is 11.5 Å². The Morgan fingerprint density at radius 3 is 2.68 bits per heavy atom. The van der Waals surface area contributed by atoms with Crippen LogP contribution >= 0.6 is 11.8 Å². The van der Waals surface area contributed by atoms with Gasteiger partial charge in [-0.2, -0.15) is 0 Å². The molecule has 0 aliphatic carbocycles. The van der Waals surface area contributed by atoms with Gasteiger partial charge in [-0.05, 0) is 37.8 Å². The third-order valence-corrected chi connectivity index (χ3v) is 3.64. The second kappa shape index (κ2) is 8.04. The van der Waals surface area contributed by atoms with Crippen molar-refractivity contribution in [1.82, 2.24) is 10.3 Å². The van der Waals surface area contributed by atoms with Crippen LogP contribution in [0.15, 0.2) is 23.4 Å². The number of hydrogen-bond acceptors (Lipinski definition) is 4. The average molecular weight is 281 g/mol. The van der Waals surface area contributed by atoms with E-state index in [1.54, 1.807) is 12.3 Å². The van der Waals surface area contributed by atoms with E-state index >= 15 is 0 Å². The molecule has 0 aliphatic heterocycles. The van der Waals surface area contributed by atoms with Gasteiger partial charge >= 0.3 is 0 Å². The van der Waals surface area contributed by atoms with Gasteiger partial charge in [-0.3, -0.25) is 4.79 Å². The Labute approximate surface area is 119 Å². The lowest BCUT2D eigenvalue weighted by molar-refractivity contribution is -0.119. The van der Waals surface area contributed by atoms with Gasteiger partial charge in [0.25, 0.3) is 0 Å². The van der Waals surface area contributed by atoms with Crippen LogP contribution < -0.4 is 11.1 Å². The Hall–Kier alpha value is -1.23. The smallest absolute Gasteiger partial charge is 0.230 e. The summed E-state index contributed by atoms with van der Waals surface area (Å²) in [6.45, 7) is 6.43. The molecule has 0 radical (unpaired) electrons. The predicted molar refractivity (Wildman–Crippen MR) is 81.1 cm³/mol. The van der Waals surface area contributed by atoms with E-state index in [4.69, 9.17) is 5.73 Å². The zero-order valence-corrected chi connectivity index (χ0v) is 12.7. The number of pyridine rings is 1. The van der Waals surface area contributed by atoms with E-state index in [0.717, 1.165) is 17.9 Å². The molecule has 106 valence electrons. The Kier molecular flexibility index (Phi) is 6.70. The summed E-state index contributed by atoms with van der Waals surface area (Å²) in [6.07, 6.45) is 3.76. The lowest BCUT2D eigenvalue weighted by Crippen LogP contribution is -2.34. The monoisotopic (exact) mass is 281 g/mol. The number of nitrogens with two attached hydrogens (primary N) is 1. The molecule has 1 unspecified atom stereocenters. The molecular formula is C14H23N3OS. The summed E-state index contributed by atoms with van der Waals surface area (Å²) >= 11 is 1.42. The number of thioether (sulfide) groups is 1. The Morgan fingerprint density at radius 1 is 1.37 bits per heavy atom. The first-order valence-corrected chi connectivity index (χ1v) is 7.59. The lowest BCUT2D eigenvalue weighted by Gasteiger charge is -2.14. The Morgan fingerprint density at radius 2 is 2.11 bits per heavy atom. The maximum Gasteiger partial charge on any atom is 0.230 e. The van der Waals surface area contributed by atoms with Crippen molar-refractivity contribution in [3.63, 3.8) is 0 Å². The molecule has 3 N–H and O–H groups in total. The molecular weight excluding hydrogens is 258 g/mol. The summed E-state index contributed by atoms with van der Waals surface area (Å²) < 4.78 is 0. The molecule has 0 aromatic carbocycles. The maximum atomic E-state index is 11.8. The van der Waals surface area contributed by atoms with Gasteiger partial charge in [0.1, 0.15) is 0 Å². The van der Waals surface area contributed by atoms with Crippen LogP contribution in [-0.4, -0.2) is 22.7 Å². The van der Waals surface area contributed by atoms with Crippen molar-refractivity contribution in [1.29, 1.82) is 0 Å². The van der Waals surface area contributed by atoms with Gasteiger partial charge in [0.15, 0.2) is 0 Å². The quantitative estimate of drug-likeness (QED) is 0.754. The van der Waals surface area contributed by atoms with Gasteiger partial charge in [-0.1, -0.05) is 25.6 Å². The molecule has 0 spiro atoms. The van der Waals surface area contributed by atoms with Crippen molar-refractivity contribution < 1.29 is 4.79 Å². The number of nitrogens with one attached hydrogen (secondary N) is 1. The van der Waals surface area contributed by atoms with E-state index in [0.29, 0.717) is 17.4 Å². The molecule has 0 fully saturated rings. The fourth-order valence-corrected chi connectivity index (χ4v) is 2.24. The minimum absolute atomic E-state index is 0.0554. The maximum absolute atomic E-state index is 11.8. The van der Waals surface area contributed by atoms with Crippen molar-refractivity contribution >= 4 is 23.4 Å². The molecule has 1 heterocycles. The highest BCUT2D eigenvalue weighted by Gasteiger charge is 2.09. The standard InChI is InChI=1S/C14H23N3OS/c1-10(2)4-5-11(3)17-13(18)9-19-14-7-6-12(15)8-16-14/h6-8,10-11H,4-5,9,15H2,1-3H3,(H,17,18). The third kappa shape index (κ3) is 7.06. The van der Waals surface area contributed by atoms with E-state index in [1.807, 2.05) is 13.0 Å². The highest BCUT2D eigenvalue weighted by atomic mass is 32.2. The summed E-state index contributed by atoms with van der Waals surface area (Å²) in [6, 6.07) is 3.85. The first-order valence-electron chi connectivity index (χ1n) is 6.61. The first kappa shape index (κ1) is 15.8. The van der Waals surface area contributed by atoms with Crippen LogP contribution in [0.1, 0.15) is 33.6 Å². The van der Waals surface area contributed by atoms with Gasteiger partial charge in [-0.25, -0.2) is 4.98 Å². The number of aromatic nitrogens is 1. The number of nitrogens with zero attached hydrogens (tertiary/aromatic N) is 1. The highest BCUT2D eigenvalue weighted by molar-refractivity contribution is 7.99. The third-order valence-electron chi connectivity index (χ3n) is 2.69. The fourth-order valence-electron chi connectivity index (χ4n) is 1.59. The molecule has 1 rings (SSSR count). The van der Waals surface area contributed by atoms with Gasteiger partial charge in [0.05, 0.1) is 22.7 Å². The summed E-state index contributed by atoms with van der Waals surface area (Å²) in [5.74, 6) is 1.12.